The van der Waals surface area contributed by atoms with Crippen molar-refractivity contribution in [2.45, 2.75) is 20.8 Å². The van der Waals surface area contributed by atoms with Gasteiger partial charge in [-0.05, 0) is 20.8 Å². The highest BCUT2D eigenvalue weighted by atomic mass is 16.7. The Morgan fingerprint density at radius 2 is 1.78 bits per heavy atom. The lowest BCUT2D eigenvalue weighted by atomic mass is 10.6. The van der Waals surface area contributed by atoms with Gasteiger partial charge in [0.15, 0.2) is 0 Å². The topological polar surface area (TPSA) is 42.0 Å². The van der Waals surface area contributed by atoms with E-state index in [1.807, 2.05) is 0 Å². The van der Waals surface area contributed by atoms with Crippen LogP contribution in [0.2, 0.25) is 0 Å². The van der Waals surface area contributed by atoms with Crippen LogP contribution in [0.5, 0.6) is 0 Å². The molecule has 0 fully saturated rings. The molecule has 0 amide bonds. The molecule has 0 saturated carbocycles. The number of carbonyl (C=O) groups is 1. The van der Waals surface area contributed by atoms with Gasteiger partial charge in [-0.15, -0.1) is 0 Å². The smallest absolute Gasteiger partial charge is 0.403 e. The highest BCUT2D eigenvalue weighted by Crippen LogP contribution is 2.00. The van der Waals surface area contributed by atoms with Gasteiger partial charge in [-0.1, -0.05) is 12.2 Å². The maximum absolute atomic E-state index is 10.4. The Hall–Kier alpha value is -1.91. The van der Waals surface area contributed by atoms with E-state index in [0.717, 1.165) is 13.2 Å². The fourth-order valence-corrected chi connectivity index (χ4v) is 1.07. The van der Waals surface area contributed by atoms with Crippen LogP contribution in [0.3, 0.4) is 0 Å². The number of hydrogen-bond donors (Lipinski definition) is 0. The quantitative estimate of drug-likeness (QED) is 0.572. The fraction of sp³-hybridized carbons (Fsp3) is 0.462. The van der Waals surface area contributed by atoms with Gasteiger partial charge in [-0.25, -0.2) is 4.79 Å². The SMILES string of the molecule is CC=COC(=O)OC=CC.CCN1C=CN(C)C1. The number of ether oxygens (including phenoxy) is 2. The Kier molecular flexibility index (Phi) is 9.17. The second kappa shape index (κ2) is 10.3. The summed E-state index contributed by atoms with van der Waals surface area (Å²) in [6.45, 7) is 7.80. The Labute approximate surface area is 109 Å². The summed E-state index contributed by atoms with van der Waals surface area (Å²) in [6, 6.07) is 0. The Balaban J connectivity index is 0.000000327. The molecule has 0 aromatic rings. The zero-order chi connectivity index (χ0) is 13.8. The first kappa shape index (κ1) is 16.1. The van der Waals surface area contributed by atoms with E-state index in [9.17, 15) is 4.79 Å². The van der Waals surface area contributed by atoms with E-state index in [1.54, 1.807) is 26.0 Å². The van der Waals surface area contributed by atoms with Crippen LogP contribution in [0, 0.1) is 0 Å². The predicted molar refractivity (Wildman–Crippen MR) is 71.3 cm³/mol. The summed E-state index contributed by atoms with van der Waals surface area (Å²) < 4.78 is 8.80. The average Bonchev–Trinajstić information content (AvgIpc) is 2.80. The molecule has 0 saturated heterocycles. The van der Waals surface area contributed by atoms with Crippen LogP contribution >= 0.6 is 0 Å². The summed E-state index contributed by atoms with van der Waals surface area (Å²) in [7, 11) is 2.08. The molecule has 1 rings (SSSR count). The fourth-order valence-electron chi connectivity index (χ4n) is 1.07. The molecule has 0 bridgehead atoms. The Morgan fingerprint density at radius 3 is 2.06 bits per heavy atom. The van der Waals surface area contributed by atoms with Gasteiger partial charge < -0.3 is 19.3 Å². The van der Waals surface area contributed by atoms with E-state index < -0.39 is 6.16 Å². The third-order valence-corrected chi connectivity index (χ3v) is 1.94. The molecule has 18 heavy (non-hydrogen) atoms. The molecular weight excluding hydrogens is 232 g/mol. The van der Waals surface area contributed by atoms with Gasteiger partial charge in [0.05, 0.1) is 19.2 Å². The molecule has 0 spiro atoms. The van der Waals surface area contributed by atoms with Crippen LogP contribution in [-0.4, -0.2) is 36.2 Å². The van der Waals surface area contributed by atoms with Crippen LogP contribution < -0.4 is 0 Å². The second-order valence-corrected chi connectivity index (χ2v) is 3.53. The van der Waals surface area contributed by atoms with Crippen molar-refractivity contribution in [1.29, 1.82) is 0 Å². The Morgan fingerprint density at radius 1 is 1.22 bits per heavy atom. The largest absolute Gasteiger partial charge is 0.518 e. The van der Waals surface area contributed by atoms with Crippen molar-refractivity contribution < 1.29 is 14.3 Å². The first-order valence-corrected chi connectivity index (χ1v) is 5.86. The van der Waals surface area contributed by atoms with Gasteiger partial charge in [0, 0.05) is 26.0 Å². The third kappa shape index (κ3) is 8.27. The number of allylic oxidation sites excluding steroid dienone is 2. The highest BCUT2D eigenvalue weighted by molar-refractivity contribution is 5.61. The van der Waals surface area contributed by atoms with Gasteiger partial charge >= 0.3 is 6.16 Å². The van der Waals surface area contributed by atoms with Crippen LogP contribution in [-0.2, 0) is 9.47 Å². The summed E-state index contributed by atoms with van der Waals surface area (Å²) in [5.41, 5.74) is 0. The van der Waals surface area contributed by atoms with E-state index in [2.05, 4.69) is 45.6 Å². The molecular formula is C13H22N2O3. The summed E-state index contributed by atoms with van der Waals surface area (Å²) in [5.74, 6) is 0. The van der Waals surface area contributed by atoms with Gasteiger partial charge in [-0.2, -0.15) is 0 Å². The first-order chi connectivity index (χ1) is 8.63. The average molecular weight is 254 g/mol. The molecule has 5 heteroatoms. The molecule has 0 unspecified atom stereocenters. The van der Waals surface area contributed by atoms with E-state index >= 15 is 0 Å². The molecule has 0 radical (unpaired) electrons. The molecule has 0 aromatic heterocycles. The van der Waals surface area contributed by atoms with Gasteiger partial charge in [0.2, 0.25) is 0 Å². The number of carbonyl (C=O) groups excluding carboxylic acids is 1. The normalized spacial score (nSPS) is 14.0. The van der Waals surface area contributed by atoms with Crippen molar-refractivity contribution in [2.24, 2.45) is 0 Å². The molecule has 0 atom stereocenters. The van der Waals surface area contributed by atoms with Gasteiger partial charge in [-0.3, -0.25) is 0 Å². The number of rotatable bonds is 3. The zero-order valence-electron chi connectivity index (χ0n) is 11.5. The third-order valence-electron chi connectivity index (χ3n) is 1.94. The van der Waals surface area contributed by atoms with Crippen LogP contribution in [0.25, 0.3) is 0 Å². The number of nitrogens with zero attached hydrogens (tertiary/aromatic N) is 2. The summed E-state index contributed by atoms with van der Waals surface area (Å²) >= 11 is 0. The molecule has 5 nitrogen and oxygen atoms in total. The van der Waals surface area contributed by atoms with Crippen LogP contribution in [0.4, 0.5) is 4.79 Å². The molecule has 1 heterocycles. The van der Waals surface area contributed by atoms with E-state index in [-0.39, 0.29) is 0 Å². The molecule has 0 N–H and O–H groups in total. The number of hydrogen-bond acceptors (Lipinski definition) is 5. The summed E-state index contributed by atoms with van der Waals surface area (Å²) in [5, 5.41) is 0. The van der Waals surface area contributed by atoms with Crippen molar-refractivity contribution in [1.82, 2.24) is 9.80 Å². The van der Waals surface area contributed by atoms with Crippen molar-refractivity contribution >= 4 is 6.16 Å². The minimum Gasteiger partial charge on any atom is -0.403 e. The first-order valence-electron chi connectivity index (χ1n) is 5.86. The van der Waals surface area contributed by atoms with Crippen LogP contribution in [0.15, 0.2) is 37.1 Å². The Bertz CT molecular complexity index is 295. The van der Waals surface area contributed by atoms with Crippen LogP contribution in [0.1, 0.15) is 20.8 Å². The van der Waals surface area contributed by atoms with Crippen molar-refractivity contribution in [3.63, 3.8) is 0 Å². The van der Waals surface area contributed by atoms with Crippen molar-refractivity contribution in [3.8, 4) is 0 Å². The zero-order valence-corrected chi connectivity index (χ0v) is 11.5. The lowest BCUT2D eigenvalue weighted by Crippen LogP contribution is -2.21. The molecule has 1 aliphatic rings. The highest BCUT2D eigenvalue weighted by Gasteiger charge is 2.03. The van der Waals surface area contributed by atoms with Gasteiger partial charge in [0.1, 0.15) is 0 Å². The van der Waals surface area contributed by atoms with Crippen molar-refractivity contribution in [3.05, 3.63) is 37.1 Å². The maximum Gasteiger partial charge on any atom is 0.518 e. The monoisotopic (exact) mass is 254 g/mol. The summed E-state index contributed by atoms with van der Waals surface area (Å²) in [4.78, 5) is 14.8. The van der Waals surface area contributed by atoms with Gasteiger partial charge in [0.25, 0.3) is 0 Å². The van der Waals surface area contributed by atoms with Crippen molar-refractivity contribution in [2.75, 3.05) is 20.3 Å². The lowest BCUT2D eigenvalue weighted by molar-refractivity contribution is 0.119. The predicted octanol–water partition coefficient (Wildman–Crippen LogP) is 2.89. The van der Waals surface area contributed by atoms with E-state index in [1.165, 1.54) is 12.5 Å². The summed E-state index contributed by atoms with van der Waals surface area (Å²) in [6.07, 6.45) is 9.17. The molecule has 0 aromatic carbocycles. The maximum atomic E-state index is 10.4. The molecule has 1 aliphatic heterocycles. The molecule has 102 valence electrons. The molecule has 0 aliphatic carbocycles. The second-order valence-electron chi connectivity index (χ2n) is 3.53. The van der Waals surface area contributed by atoms with E-state index in [0.29, 0.717) is 0 Å². The minimum absolute atomic E-state index is 0.726. The minimum atomic E-state index is -0.726. The van der Waals surface area contributed by atoms with E-state index in [4.69, 9.17) is 0 Å². The standard InChI is InChI=1S/C7H10O3.C6H12N2/c1-3-5-9-7(8)10-6-4-2;1-3-8-5-4-7(2)6-8/h3-6H,1-2H3;4-5H,3,6H2,1-2H3. The lowest BCUT2D eigenvalue weighted by Gasteiger charge is -2.14.